The van der Waals surface area contributed by atoms with Gasteiger partial charge >= 0.3 is 5.97 Å². The average Bonchev–Trinajstić information content (AvgIpc) is 2.47. The van der Waals surface area contributed by atoms with Gasteiger partial charge in [0.2, 0.25) is 0 Å². The molecule has 7 nitrogen and oxygen atoms in total. The number of nitro groups is 1. The second-order valence-electron chi connectivity index (χ2n) is 5.06. The van der Waals surface area contributed by atoms with Gasteiger partial charge in [0.25, 0.3) is 5.69 Å². The summed E-state index contributed by atoms with van der Waals surface area (Å²) < 4.78 is 0. The highest BCUT2D eigenvalue weighted by Gasteiger charge is 2.40. The quantitative estimate of drug-likeness (QED) is 0.669. The predicted molar refractivity (Wildman–Crippen MR) is 72.7 cm³/mol. The number of hydrogen-bond acceptors (Lipinski definition) is 5. The second-order valence-corrected chi connectivity index (χ2v) is 5.06. The van der Waals surface area contributed by atoms with Crippen LogP contribution in [0.4, 0.5) is 11.5 Å². The lowest BCUT2D eigenvalue weighted by atomic mass is 9.76. The highest BCUT2D eigenvalue weighted by atomic mass is 16.6. The Kier molecular flexibility index (Phi) is 3.87. The van der Waals surface area contributed by atoms with E-state index < -0.39 is 16.3 Å². The van der Waals surface area contributed by atoms with Crippen LogP contribution >= 0.6 is 0 Å². The molecular weight excluding hydrogens is 262 g/mol. The van der Waals surface area contributed by atoms with Gasteiger partial charge in [0, 0.05) is 25.4 Å². The third kappa shape index (κ3) is 2.56. The molecule has 1 aromatic heterocycles. The highest BCUT2D eigenvalue weighted by Crippen LogP contribution is 2.36. The largest absolute Gasteiger partial charge is 0.481 e. The van der Waals surface area contributed by atoms with Gasteiger partial charge in [-0.25, -0.2) is 4.98 Å². The third-order valence-electron chi connectivity index (χ3n) is 4.11. The molecule has 0 radical (unpaired) electrons. The van der Waals surface area contributed by atoms with Crippen molar-refractivity contribution in [2.45, 2.75) is 26.2 Å². The van der Waals surface area contributed by atoms with E-state index in [0.29, 0.717) is 38.2 Å². The molecule has 7 heteroatoms. The number of piperidine rings is 1. The van der Waals surface area contributed by atoms with Gasteiger partial charge < -0.3 is 10.0 Å². The van der Waals surface area contributed by atoms with E-state index in [1.807, 2.05) is 11.8 Å². The molecule has 2 heterocycles. The number of nitrogens with zero attached hydrogens (tertiary/aromatic N) is 3. The molecule has 0 unspecified atom stereocenters. The maximum Gasteiger partial charge on any atom is 0.309 e. The SMILES string of the molecule is CCC1(C(=O)O)CCN(c2cc([N+](=O)[O-])ccn2)CC1. The van der Waals surface area contributed by atoms with Crippen molar-refractivity contribution in [2.75, 3.05) is 18.0 Å². The summed E-state index contributed by atoms with van der Waals surface area (Å²) in [5.74, 6) is -0.221. The number of carboxylic acid groups (broad SMARTS) is 1. The van der Waals surface area contributed by atoms with E-state index in [0.717, 1.165) is 0 Å². The molecule has 1 aromatic rings. The zero-order valence-electron chi connectivity index (χ0n) is 11.3. The Bertz CT molecular complexity index is 524. The first-order valence-electron chi connectivity index (χ1n) is 6.57. The Labute approximate surface area is 116 Å². The minimum absolute atomic E-state index is 0.000521. The third-order valence-corrected chi connectivity index (χ3v) is 4.11. The van der Waals surface area contributed by atoms with Crippen LogP contribution in [-0.2, 0) is 4.79 Å². The maximum atomic E-state index is 11.4. The van der Waals surface area contributed by atoms with Crippen LogP contribution in [0, 0.1) is 15.5 Å². The second kappa shape index (κ2) is 5.44. The Morgan fingerprint density at radius 2 is 2.20 bits per heavy atom. The van der Waals surface area contributed by atoms with Gasteiger partial charge in [-0.3, -0.25) is 14.9 Å². The number of carbonyl (C=O) groups is 1. The lowest BCUT2D eigenvalue weighted by Gasteiger charge is -2.38. The summed E-state index contributed by atoms with van der Waals surface area (Å²) in [4.78, 5) is 27.7. The summed E-state index contributed by atoms with van der Waals surface area (Å²) in [6.45, 7) is 2.98. The van der Waals surface area contributed by atoms with Crippen molar-refractivity contribution in [3.63, 3.8) is 0 Å². The molecule has 1 N–H and O–H groups in total. The number of hydrogen-bond donors (Lipinski definition) is 1. The van der Waals surface area contributed by atoms with Gasteiger partial charge in [-0.1, -0.05) is 6.92 Å². The van der Waals surface area contributed by atoms with Crippen LogP contribution in [0.1, 0.15) is 26.2 Å². The van der Waals surface area contributed by atoms with E-state index in [9.17, 15) is 20.0 Å². The van der Waals surface area contributed by atoms with Gasteiger partial charge in [-0.05, 0) is 19.3 Å². The lowest BCUT2D eigenvalue weighted by Crippen LogP contribution is -2.44. The number of carboxylic acids is 1. The van der Waals surface area contributed by atoms with Crippen molar-refractivity contribution in [1.82, 2.24) is 4.98 Å². The fourth-order valence-corrected chi connectivity index (χ4v) is 2.58. The van der Waals surface area contributed by atoms with Crippen LogP contribution in [0.2, 0.25) is 0 Å². The lowest BCUT2D eigenvalue weighted by molar-refractivity contribution is -0.384. The van der Waals surface area contributed by atoms with Gasteiger partial charge in [0.15, 0.2) is 0 Å². The van der Waals surface area contributed by atoms with Crippen LogP contribution in [-0.4, -0.2) is 34.1 Å². The van der Waals surface area contributed by atoms with Crippen LogP contribution in [0.15, 0.2) is 18.3 Å². The number of rotatable bonds is 4. The minimum atomic E-state index is -0.758. The Hall–Kier alpha value is -2.18. The molecule has 0 spiro atoms. The molecule has 0 aliphatic carbocycles. The Balaban J connectivity index is 2.13. The van der Waals surface area contributed by atoms with Crippen LogP contribution in [0.5, 0.6) is 0 Å². The van der Waals surface area contributed by atoms with Gasteiger partial charge in [-0.15, -0.1) is 0 Å². The van der Waals surface area contributed by atoms with Crippen molar-refractivity contribution in [3.05, 3.63) is 28.4 Å². The summed E-state index contributed by atoms with van der Waals surface area (Å²) in [5.41, 5.74) is -0.669. The zero-order valence-corrected chi connectivity index (χ0v) is 11.3. The molecule has 20 heavy (non-hydrogen) atoms. The van der Waals surface area contributed by atoms with Crippen molar-refractivity contribution in [2.24, 2.45) is 5.41 Å². The summed E-state index contributed by atoms with van der Waals surface area (Å²) >= 11 is 0. The van der Waals surface area contributed by atoms with Crippen LogP contribution in [0.25, 0.3) is 0 Å². The molecule has 1 aliphatic rings. The number of pyridine rings is 1. The average molecular weight is 279 g/mol. The molecule has 1 saturated heterocycles. The maximum absolute atomic E-state index is 11.4. The highest BCUT2D eigenvalue weighted by molar-refractivity contribution is 5.75. The fourth-order valence-electron chi connectivity index (χ4n) is 2.58. The van der Waals surface area contributed by atoms with Gasteiger partial charge in [-0.2, -0.15) is 0 Å². The molecule has 108 valence electrons. The first-order valence-corrected chi connectivity index (χ1v) is 6.57. The first-order chi connectivity index (χ1) is 9.48. The fraction of sp³-hybridized carbons (Fsp3) is 0.538. The van der Waals surface area contributed by atoms with Crippen LogP contribution in [0.3, 0.4) is 0 Å². The monoisotopic (exact) mass is 279 g/mol. The van der Waals surface area contributed by atoms with E-state index >= 15 is 0 Å². The number of anilines is 1. The zero-order chi connectivity index (χ0) is 14.8. The summed E-state index contributed by atoms with van der Waals surface area (Å²) in [5, 5.41) is 20.1. The Morgan fingerprint density at radius 3 is 2.70 bits per heavy atom. The van der Waals surface area contributed by atoms with Crippen molar-refractivity contribution in [1.29, 1.82) is 0 Å². The number of aromatic nitrogens is 1. The van der Waals surface area contributed by atoms with Gasteiger partial charge in [0.1, 0.15) is 5.82 Å². The Morgan fingerprint density at radius 1 is 1.55 bits per heavy atom. The standard InChI is InChI=1S/C13H17N3O4/c1-2-13(12(17)18)4-7-15(8-5-13)11-9-10(16(19)20)3-6-14-11/h3,6,9H,2,4-5,7-8H2,1H3,(H,17,18). The van der Waals surface area contributed by atoms with E-state index in [-0.39, 0.29) is 5.69 Å². The topological polar surface area (TPSA) is 96.6 Å². The molecular formula is C13H17N3O4. The molecule has 2 rings (SSSR count). The van der Waals surface area contributed by atoms with Crippen LogP contribution < -0.4 is 4.90 Å². The molecule has 0 aromatic carbocycles. The summed E-state index contributed by atoms with van der Waals surface area (Å²) in [7, 11) is 0. The minimum Gasteiger partial charge on any atom is -0.481 e. The normalized spacial score (nSPS) is 17.8. The molecule has 1 fully saturated rings. The van der Waals surface area contributed by atoms with Crippen molar-refractivity contribution in [3.8, 4) is 0 Å². The molecule has 0 amide bonds. The van der Waals surface area contributed by atoms with Gasteiger partial charge in [0.05, 0.1) is 16.4 Å². The summed E-state index contributed by atoms with van der Waals surface area (Å²) in [6, 6.07) is 2.78. The molecule has 0 saturated carbocycles. The number of aliphatic carboxylic acids is 1. The van der Waals surface area contributed by atoms with E-state index in [1.54, 1.807) is 0 Å². The van der Waals surface area contributed by atoms with E-state index in [2.05, 4.69) is 4.98 Å². The van der Waals surface area contributed by atoms with E-state index in [4.69, 9.17) is 0 Å². The summed E-state index contributed by atoms with van der Waals surface area (Å²) in [6.07, 6.45) is 3.07. The molecule has 1 aliphatic heterocycles. The smallest absolute Gasteiger partial charge is 0.309 e. The van der Waals surface area contributed by atoms with E-state index in [1.165, 1.54) is 18.3 Å². The predicted octanol–water partition coefficient (Wildman–Crippen LogP) is 2.07. The first kappa shape index (κ1) is 14.2. The van der Waals surface area contributed by atoms with Crippen molar-refractivity contribution >= 4 is 17.5 Å². The molecule has 0 bridgehead atoms. The van der Waals surface area contributed by atoms with Crippen molar-refractivity contribution < 1.29 is 14.8 Å². The molecule has 0 atom stereocenters.